The van der Waals surface area contributed by atoms with Gasteiger partial charge in [0.15, 0.2) is 11.5 Å². The fourth-order valence-electron chi connectivity index (χ4n) is 2.15. The molecule has 3 nitrogen and oxygen atoms in total. The van der Waals surface area contributed by atoms with Crippen molar-refractivity contribution in [2.45, 2.75) is 13.0 Å². The van der Waals surface area contributed by atoms with Gasteiger partial charge >= 0.3 is 0 Å². The van der Waals surface area contributed by atoms with E-state index in [1.54, 1.807) is 18.2 Å². The largest absolute Gasteiger partial charge is 0.493 e. The van der Waals surface area contributed by atoms with Crippen molar-refractivity contribution < 1.29 is 19.0 Å². The molecule has 0 radical (unpaired) electrons. The molecule has 1 N–H and O–H groups in total. The van der Waals surface area contributed by atoms with E-state index < -0.39 is 11.9 Å². The highest BCUT2D eigenvalue weighted by Crippen LogP contribution is 2.35. The molecule has 21 heavy (non-hydrogen) atoms. The van der Waals surface area contributed by atoms with Crippen LogP contribution in [0.1, 0.15) is 22.8 Å². The molecular weight excluding hydrogens is 295 g/mol. The minimum atomic E-state index is -1.14. The molecule has 0 aromatic heterocycles. The highest BCUT2D eigenvalue weighted by molar-refractivity contribution is 6.30. The number of hydrogen-bond donors (Lipinski definition) is 1. The number of rotatable bonds is 4. The van der Waals surface area contributed by atoms with E-state index in [-0.39, 0.29) is 11.3 Å². The number of hydrogen-bond acceptors (Lipinski definition) is 3. The van der Waals surface area contributed by atoms with Gasteiger partial charge in [-0.25, -0.2) is 4.39 Å². The van der Waals surface area contributed by atoms with Crippen molar-refractivity contribution >= 4 is 11.6 Å². The fourth-order valence-corrected chi connectivity index (χ4v) is 2.33. The minimum Gasteiger partial charge on any atom is -0.493 e. The first kappa shape index (κ1) is 15.6. The van der Waals surface area contributed by atoms with Gasteiger partial charge in [-0.05, 0) is 36.2 Å². The Labute approximate surface area is 127 Å². The van der Waals surface area contributed by atoms with Crippen LogP contribution in [-0.2, 0) is 0 Å². The number of benzene rings is 2. The maximum absolute atomic E-state index is 14.2. The van der Waals surface area contributed by atoms with Crippen molar-refractivity contribution in [1.82, 2.24) is 0 Å². The SMILES string of the molecule is COc1cc(F)c(C(O)c2cc(Cl)ccc2C)cc1OC. The third-order valence-electron chi connectivity index (χ3n) is 3.33. The number of ether oxygens (including phenoxy) is 2. The highest BCUT2D eigenvalue weighted by Gasteiger charge is 2.20. The Balaban J connectivity index is 2.52. The van der Waals surface area contributed by atoms with Crippen molar-refractivity contribution in [2.75, 3.05) is 14.2 Å². The maximum Gasteiger partial charge on any atom is 0.163 e. The Morgan fingerprint density at radius 1 is 1.05 bits per heavy atom. The van der Waals surface area contributed by atoms with Crippen LogP contribution in [0.25, 0.3) is 0 Å². The monoisotopic (exact) mass is 310 g/mol. The Bertz CT molecular complexity index is 658. The summed E-state index contributed by atoms with van der Waals surface area (Å²) in [6.07, 6.45) is -1.14. The van der Waals surface area contributed by atoms with Crippen molar-refractivity contribution in [3.05, 3.63) is 57.9 Å². The summed E-state index contributed by atoms with van der Waals surface area (Å²) in [5, 5.41) is 10.9. The molecule has 0 saturated carbocycles. The molecule has 0 aliphatic carbocycles. The standard InChI is InChI=1S/C16H16ClFO3/c1-9-4-5-10(17)6-11(9)16(19)12-7-14(20-2)15(21-3)8-13(12)18/h4-8,16,19H,1-3H3. The second-order valence-electron chi connectivity index (χ2n) is 4.63. The number of aryl methyl sites for hydroxylation is 1. The average molecular weight is 311 g/mol. The molecule has 0 fully saturated rings. The predicted octanol–water partition coefficient (Wildman–Crippen LogP) is 3.89. The van der Waals surface area contributed by atoms with Crippen LogP contribution in [0.5, 0.6) is 11.5 Å². The zero-order chi connectivity index (χ0) is 15.6. The average Bonchev–Trinajstić information content (AvgIpc) is 2.48. The van der Waals surface area contributed by atoms with E-state index in [1.165, 1.54) is 26.4 Å². The van der Waals surface area contributed by atoms with E-state index in [9.17, 15) is 9.50 Å². The molecule has 0 heterocycles. The summed E-state index contributed by atoms with van der Waals surface area (Å²) in [4.78, 5) is 0. The molecular formula is C16H16ClFO3. The molecule has 2 rings (SSSR count). The number of aliphatic hydroxyl groups excluding tert-OH is 1. The molecule has 2 aromatic rings. The van der Waals surface area contributed by atoms with Crippen LogP contribution < -0.4 is 9.47 Å². The predicted molar refractivity (Wildman–Crippen MR) is 79.8 cm³/mol. The van der Waals surface area contributed by atoms with Gasteiger partial charge in [0.05, 0.1) is 14.2 Å². The lowest BCUT2D eigenvalue weighted by Gasteiger charge is -2.17. The molecule has 0 bridgehead atoms. The van der Waals surface area contributed by atoms with Gasteiger partial charge in [-0.2, -0.15) is 0 Å². The van der Waals surface area contributed by atoms with Crippen molar-refractivity contribution in [3.63, 3.8) is 0 Å². The lowest BCUT2D eigenvalue weighted by molar-refractivity contribution is 0.213. The Kier molecular flexibility index (Phi) is 4.70. The molecule has 2 aromatic carbocycles. The van der Waals surface area contributed by atoms with E-state index >= 15 is 0 Å². The van der Waals surface area contributed by atoms with Gasteiger partial charge < -0.3 is 14.6 Å². The van der Waals surface area contributed by atoms with Gasteiger partial charge in [-0.3, -0.25) is 0 Å². The fraction of sp³-hybridized carbons (Fsp3) is 0.250. The Hall–Kier alpha value is -1.78. The van der Waals surface area contributed by atoms with Crippen LogP contribution >= 0.6 is 11.6 Å². The Morgan fingerprint density at radius 2 is 1.67 bits per heavy atom. The van der Waals surface area contributed by atoms with Gasteiger partial charge in [-0.1, -0.05) is 17.7 Å². The van der Waals surface area contributed by atoms with Crippen LogP contribution in [0.3, 0.4) is 0 Å². The van der Waals surface area contributed by atoms with E-state index in [4.69, 9.17) is 21.1 Å². The zero-order valence-corrected chi connectivity index (χ0v) is 12.7. The normalized spacial score (nSPS) is 12.1. The van der Waals surface area contributed by atoms with Crippen LogP contribution in [0.4, 0.5) is 4.39 Å². The first-order valence-electron chi connectivity index (χ1n) is 6.33. The van der Waals surface area contributed by atoms with E-state index in [0.29, 0.717) is 16.3 Å². The van der Waals surface area contributed by atoms with Gasteiger partial charge in [0, 0.05) is 16.7 Å². The first-order chi connectivity index (χ1) is 9.97. The van der Waals surface area contributed by atoms with Gasteiger partial charge in [0.2, 0.25) is 0 Å². The van der Waals surface area contributed by atoms with Crippen LogP contribution in [-0.4, -0.2) is 19.3 Å². The molecule has 0 aliphatic heterocycles. The molecule has 0 saturated heterocycles. The quantitative estimate of drug-likeness (QED) is 0.931. The number of methoxy groups -OCH3 is 2. The molecule has 5 heteroatoms. The van der Waals surface area contributed by atoms with Crippen LogP contribution in [0, 0.1) is 12.7 Å². The van der Waals surface area contributed by atoms with Gasteiger partial charge in [-0.15, -0.1) is 0 Å². The molecule has 112 valence electrons. The summed E-state index contributed by atoms with van der Waals surface area (Å²) in [5.41, 5.74) is 1.48. The third-order valence-corrected chi connectivity index (χ3v) is 3.57. The first-order valence-corrected chi connectivity index (χ1v) is 6.71. The Morgan fingerprint density at radius 3 is 2.29 bits per heavy atom. The lowest BCUT2D eigenvalue weighted by Crippen LogP contribution is -2.06. The molecule has 1 atom stereocenters. The van der Waals surface area contributed by atoms with Crippen molar-refractivity contribution in [1.29, 1.82) is 0 Å². The van der Waals surface area contributed by atoms with Gasteiger partial charge in [0.25, 0.3) is 0 Å². The van der Waals surface area contributed by atoms with Crippen LogP contribution in [0.2, 0.25) is 5.02 Å². The summed E-state index contributed by atoms with van der Waals surface area (Å²) in [6, 6.07) is 7.74. The second kappa shape index (κ2) is 6.33. The van der Waals surface area contributed by atoms with E-state index in [1.807, 2.05) is 6.92 Å². The zero-order valence-electron chi connectivity index (χ0n) is 12.0. The second-order valence-corrected chi connectivity index (χ2v) is 5.07. The molecule has 0 amide bonds. The lowest BCUT2D eigenvalue weighted by atomic mass is 9.97. The summed E-state index contributed by atoms with van der Waals surface area (Å²) in [5.74, 6) is 0.0564. The summed E-state index contributed by atoms with van der Waals surface area (Å²) in [7, 11) is 2.88. The van der Waals surface area contributed by atoms with Crippen molar-refractivity contribution in [2.24, 2.45) is 0 Å². The molecule has 0 aliphatic rings. The van der Waals surface area contributed by atoms with Gasteiger partial charge in [0.1, 0.15) is 11.9 Å². The molecule has 1 unspecified atom stereocenters. The third kappa shape index (κ3) is 3.12. The summed E-state index contributed by atoms with van der Waals surface area (Å²) < 4.78 is 24.4. The topological polar surface area (TPSA) is 38.7 Å². The maximum atomic E-state index is 14.2. The number of halogens is 2. The highest BCUT2D eigenvalue weighted by atomic mass is 35.5. The summed E-state index contributed by atoms with van der Waals surface area (Å²) in [6.45, 7) is 1.83. The summed E-state index contributed by atoms with van der Waals surface area (Å²) >= 11 is 5.94. The number of aliphatic hydroxyl groups is 1. The van der Waals surface area contributed by atoms with Crippen LogP contribution in [0.15, 0.2) is 30.3 Å². The van der Waals surface area contributed by atoms with E-state index in [0.717, 1.165) is 5.56 Å². The van der Waals surface area contributed by atoms with E-state index in [2.05, 4.69) is 0 Å². The minimum absolute atomic E-state index is 0.109. The molecule has 0 spiro atoms. The smallest absolute Gasteiger partial charge is 0.163 e. The van der Waals surface area contributed by atoms with Crippen molar-refractivity contribution in [3.8, 4) is 11.5 Å².